The van der Waals surface area contributed by atoms with Crippen LogP contribution in [0.2, 0.25) is 0 Å². The first-order valence-electron chi connectivity index (χ1n) is 3.34. The first kappa shape index (κ1) is 7.48. The molecule has 1 aliphatic heterocycles. The van der Waals surface area contributed by atoms with Gasteiger partial charge in [0.1, 0.15) is 0 Å². The zero-order valence-electron chi connectivity index (χ0n) is 6.44. The maximum absolute atomic E-state index is 11.3. The molecule has 0 unspecified atom stereocenters. The van der Waals surface area contributed by atoms with Gasteiger partial charge in [-0.2, -0.15) is 0 Å². The van der Waals surface area contributed by atoms with Crippen LogP contribution in [0.15, 0.2) is 12.2 Å². The molecule has 1 rings (SSSR count). The minimum atomic E-state index is -0.258. The summed E-state index contributed by atoms with van der Waals surface area (Å²) in [6.45, 7) is 8.36. The monoisotopic (exact) mass is 140 g/mol. The molecule has 0 amide bonds. The van der Waals surface area contributed by atoms with Gasteiger partial charge in [-0.25, -0.2) is 0 Å². The van der Waals surface area contributed by atoms with Crippen LogP contribution in [-0.2, 0) is 9.53 Å². The molecule has 0 aromatic carbocycles. The van der Waals surface area contributed by atoms with Crippen LogP contribution in [-0.4, -0.2) is 19.0 Å². The Morgan fingerprint density at radius 2 is 2.10 bits per heavy atom. The van der Waals surface area contributed by atoms with Gasteiger partial charge in [0.15, 0.2) is 5.78 Å². The molecule has 0 bridgehead atoms. The molecule has 0 N–H and O–H groups in total. The van der Waals surface area contributed by atoms with Crippen LogP contribution in [0.25, 0.3) is 0 Å². The highest BCUT2D eigenvalue weighted by molar-refractivity contribution is 5.99. The van der Waals surface area contributed by atoms with Crippen molar-refractivity contribution in [2.75, 3.05) is 13.2 Å². The first-order chi connectivity index (χ1) is 4.56. The molecule has 0 aromatic heterocycles. The number of allylic oxidation sites excluding steroid dienone is 1. The third kappa shape index (κ3) is 0.991. The first-order valence-corrected chi connectivity index (χ1v) is 3.34. The SMILES string of the molecule is C=C(C)C(=O)C1(C)COC1. The second-order valence-corrected chi connectivity index (χ2v) is 3.16. The van der Waals surface area contributed by atoms with E-state index in [0.29, 0.717) is 18.8 Å². The molecule has 2 heteroatoms. The van der Waals surface area contributed by atoms with Crippen molar-refractivity contribution in [1.29, 1.82) is 0 Å². The molecule has 0 atom stereocenters. The van der Waals surface area contributed by atoms with E-state index in [4.69, 9.17) is 4.74 Å². The molecule has 1 aliphatic rings. The summed E-state index contributed by atoms with van der Waals surface area (Å²) in [7, 11) is 0. The fourth-order valence-corrected chi connectivity index (χ4v) is 1.05. The lowest BCUT2D eigenvalue weighted by atomic mass is 9.81. The Balaban J connectivity index is 2.64. The van der Waals surface area contributed by atoms with Gasteiger partial charge in [0.05, 0.1) is 18.6 Å². The van der Waals surface area contributed by atoms with E-state index < -0.39 is 0 Å². The Labute approximate surface area is 60.9 Å². The number of carbonyl (C=O) groups is 1. The highest BCUT2D eigenvalue weighted by Crippen LogP contribution is 2.29. The van der Waals surface area contributed by atoms with Crippen molar-refractivity contribution in [3.63, 3.8) is 0 Å². The van der Waals surface area contributed by atoms with Crippen molar-refractivity contribution in [2.24, 2.45) is 5.41 Å². The second-order valence-electron chi connectivity index (χ2n) is 3.16. The van der Waals surface area contributed by atoms with Crippen LogP contribution >= 0.6 is 0 Å². The Morgan fingerprint density at radius 3 is 2.20 bits per heavy atom. The molecule has 1 saturated heterocycles. The number of hydrogen-bond acceptors (Lipinski definition) is 2. The number of hydrogen-bond donors (Lipinski definition) is 0. The summed E-state index contributed by atoms with van der Waals surface area (Å²) in [5.74, 6) is 0.138. The zero-order chi connectivity index (χ0) is 7.78. The van der Waals surface area contributed by atoms with Gasteiger partial charge >= 0.3 is 0 Å². The van der Waals surface area contributed by atoms with Gasteiger partial charge in [0.25, 0.3) is 0 Å². The summed E-state index contributed by atoms with van der Waals surface area (Å²) in [5.41, 5.74) is 0.372. The van der Waals surface area contributed by atoms with Crippen LogP contribution in [0.3, 0.4) is 0 Å². The van der Waals surface area contributed by atoms with Gasteiger partial charge in [-0.05, 0) is 19.4 Å². The lowest BCUT2D eigenvalue weighted by Gasteiger charge is -2.36. The van der Waals surface area contributed by atoms with Crippen LogP contribution < -0.4 is 0 Å². The van der Waals surface area contributed by atoms with Crippen molar-refractivity contribution >= 4 is 5.78 Å². The topological polar surface area (TPSA) is 26.3 Å². The summed E-state index contributed by atoms with van der Waals surface area (Å²) in [6.07, 6.45) is 0. The number of ketones is 1. The standard InChI is InChI=1S/C8H12O2/c1-6(2)7(9)8(3)4-10-5-8/h1,4-5H2,2-3H3. The van der Waals surface area contributed by atoms with E-state index in [1.807, 2.05) is 6.92 Å². The van der Waals surface area contributed by atoms with Crippen molar-refractivity contribution in [3.8, 4) is 0 Å². The lowest BCUT2D eigenvalue weighted by molar-refractivity contribution is -0.151. The van der Waals surface area contributed by atoms with E-state index in [1.54, 1.807) is 6.92 Å². The van der Waals surface area contributed by atoms with Gasteiger partial charge in [0.2, 0.25) is 0 Å². The van der Waals surface area contributed by atoms with Gasteiger partial charge in [-0.15, -0.1) is 0 Å². The van der Waals surface area contributed by atoms with E-state index in [9.17, 15) is 4.79 Å². The molecule has 0 spiro atoms. The summed E-state index contributed by atoms with van der Waals surface area (Å²) in [4.78, 5) is 11.3. The summed E-state index contributed by atoms with van der Waals surface area (Å²) >= 11 is 0. The second kappa shape index (κ2) is 2.20. The van der Waals surface area contributed by atoms with Gasteiger partial charge in [0, 0.05) is 0 Å². The average Bonchev–Trinajstić information content (AvgIpc) is 1.81. The Kier molecular flexibility index (Phi) is 1.65. The maximum atomic E-state index is 11.3. The van der Waals surface area contributed by atoms with Gasteiger partial charge < -0.3 is 4.74 Å². The Bertz CT molecular complexity index is 178. The molecule has 1 fully saturated rings. The number of carbonyl (C=O) groups excluding carboxylic acids is 1. The zero-order valence-corrected chi connectivity index (χ0v) is 6.44. The lowest BCUT2D eigenvalue weighted by Crippen LogP contribution is -2.46. The van der Waals surface area contributed by atoms with Gasteiger partial charge in [-0.3, -0.25) is 4.79 Å². The number of rotatable bonds is 2. The number of ether oxygens (including phenoxy) is 1. The average molecular weight is 140 g/mol. The van der Waals surface area contributed by atoms with Crippen LogP contribution in [0.5, 0.6) is 0 Å². The minimum absolute atomic E-state index is 0.138. The van der Waals surface area contributed by atoms with E-state index in [-0.39, 0.29) is 11.2 Å². The number of Topliss-reactive ketones (excluding diaryl/α,β-unsaturated/α-hetero) is 1. The van der Waals surface area contributed by atoms with Crippen molar-refractivity contribution in [2.45, 2.75) is 13.8 Å². The van der Waals surface area contributed by atoms with Crippen LogP contribution in [0, 0.1) is 5.41 Å². The molecule has 2 nitrogen and oxygen atoms in total. The van der Waals surface area contributed by atoms with Crippen molar-refractivity contribution in [3.05, 3.63) is 12.2 Å². The van der Waals surface area contributed by atoms with E-state index in [1.165, 1.54) is 0 Å². The fourth-order valence-electron chi connectivity index (χ4n) is 1.05. The minimum Gasteiger partial charge on any atom is -0.379 e. The van der Waals surface area contributed by atoms with E-state index >= 15 is 0 Å². The molecule has 0 aromatic rings. The normalized spacial score (nSPS) is 21.4. The predicted octanol–water partition coefficient (Wildman–Crippen LogP) is 1.17. The summed E-state index contributed by atoms with van der Waals surface area (Å²) in [6, 6.07) is 0. The van der Waals surface area contributed by atoms with Crippen LogP contribution in [0.4, 0.5) is 0 Å². The third-order valence-electron chi connectivity index (χ3n) is 1.78. The van der Waals surface area contributed by atoms with E-state index in [0.717, 1.165) is 0 Å². The molecular formula is C8H12O2. The molecule has 56 valence electrons. The summed E-state index contributed by atoms with van der Waals surface area (Å²) in [5, 5.41) is 0. The smallest absolute Gasteiger partial charge is 0.168 e. The molecule has 10 heavy (non-hydrogen) atoms. The molecule has 0 saturated carbocycles. The predicted molar refractivity (Wildman–Crippen MR) is 38.7 cm³/mol. The molecular weight excluding hydrogens is 128 g/mol. The van der Waals surface area contributed by atoms with Gasteiger partial charge in [-0.1, -0.05) is 6.58 Å². The quantitative estimate of drug-likeness (QED) is 0.538. The third-order valence-corrected chi connectivity index (χ3v) is 1.78. The highest BCUT2D eigenvalue weighted by Gasteiger charge is 2.40. The maximum Gasteiger partial charge on any atom is 0.168 e. The summed E-state index contributed by atoms with van der Waals surface area (Å²) < 4.78 is 4.95. The van der Waals surface area contributed by atoms with E-state index in [2.05, 4.69) is 6.58 Å². The van der Waals surface area contributed by atoms with Crippen molar-refractivity contribution in [1.82, 2.24) is 0 Å². The van der Waals surface area contributed by atoms with Crippen LogP contribution in [0.1, 0.15) is 13.8 Å². The largest absolute Gasteiger partial charge is 0.379 e. The Morgan fingerprint density at radius 1 is 1.60 bits per heavy atom. The fraction of sp³-hybridized carbons (Fsp3) is 0.625. The molecule has 1 heterocycles. The Hall–Kier alpha value is -0.630. The highest BCUT2D eigenvalue weighted by atomic mass is 16.5. The molecule has 0 aliphatic carbocycles. The molecule has 0 radical (unpaired) electrons. The van der Waals surface area contributed by atoms with Crippen molar-refractivity contribution < 1.29 is 9.53 Å².